The Hall–Kier alpha value is 0. The third-order valence-electron chi connectivity index (χ3n) is 4.27. The van der Waals surface area contributed by atoms with Crippen LogP contribution in [0.4, 0.5) is 0 Å². The molecule has 1 fully saturated rings. The summed E-state index contributed by atoms with van der Waals surface area (Å²) in [7, 11) is 0. The second-order valence-electron chi connectivity index (χ2n) is 6.30. The first kappa shape index (κ1) is 11.1. The highest BCUT2D eigenvalue weighted by Crippen LogP contribution is 2.46. The first-order chi connectivity index (χ1) is 5.87. The molecule has 1 aliphatic carbocycles. The minimum absolute atomic E-state index is 0.537. The van der Waals surface area contributed by atoms with Gasteiger partial charge in [0.25, 0.3) is 0 Å². The molecular formula is C13H26. The second-order valence-corrected chi connectivity index (χ2v) is 6.30. The highest BCUT2D eigenvalue weighted by Gasteiger charge is 2.34. The number of hydrogen-bond acceptors (Lipinski definition) is 0. The molecule has 0 heteroatoms. The van der Waals surface area contributed by atoms with E-state index in [0.717, 1.165) is 5.92 Å². The fourth-order valence-corrected chi connectivity index (χ4v) is 2.53. The van der Waals surface area contributed by atoms with E-state index >= 15 is 0 Å². The summed E-state index contributed by atoms with van der Waals surface area (Å²) in [6, 6.07) is 0. The van der Waals surface area contributed by atoms with E-state index in [1.54, 1.807) is 0 Å². The van der Waals surface area contributed by atoms with E-state index in [4.69, 9.17) is 0 Å². The van der Waals surface area contributed by atoms with Crippen molar-refractivity contribution in [2.75, 3.05) is 0 Å². The average molecular weight is 182 g/mol. The SMILES string of the molecule is CCC1(C)CCC(C(C)(C)C)CC1. The van der Waals surface area contributed by atoms with Crippen LogP contribution in [-0.2, 0) is 0 Å². The first-order valence-corrected chi connectivity index (χ1v) is 5.87. The second kappa shape index (κ2) is 3.63. The Morgan fingerprint density at radius 2 is 1.62 bits per heavy atom. The molecule has 0 N–H and O–H groups in total. The van der Waals surface area contributed by atoms with Crippen molar-refractivity contribution >= 4 is 0 Å². The highest BCUT2D eigenvalue weighted by atomic mass is 14.4. The van der Waals surface area contributed by atoms with Crippen molar-refractivity contribution in [2.24, 2.45) is 16.7 Å². The molecule has 1 aliphatic rings. The molecular weight excluding hydrogens is 156 g/mol. The lowest BCUT2D eigenvalue weighted by molar-refractivity contribution is 0.0969. The Morgan fingerprint density at radius 1 is 1.15 bits per heavy atom. The molecule has 0 atom stereocenters. The Labute approximate surface area is 84.1 Å². The largest absolute Gasteiger partial charge is 0.0649 e. The summed E-state index contributed by atoms with van der Waals surface area (Å²) in [5, 5.41) is 0. The molecule has 0 aromatic heterocycles. The van der Waals surface area contributed by atoms with Gasteiger partial charge in [-0.05, 0) is 42.4 Å². The molecule has 0 aromatic rings. The Bertz CT molecular complexity index is 153. The van der Waals surface area contributed by atoms with Crippen LogP contribution in [0.3, 0.4) is 0 Å². The van der Waals surface area contributed by atoms with Crippen molar-refractivity contribution in [1.29, 1.82) is 0 Å². The number of hydrogen-bond donors (Lipinski definition) is 0. The zero-order chi connectivity index (χ0) is 10.1. The van der Waals surface area contributed by atoms with Gasteiger partial charge in [0.1, 0.15) is 0 Å². The zero-order valence-electron chi connectivity index (χ0n) is 10.1. The van der Waals surface area contributed by atoms with Crippen molar-refractivity contribution < 1.29 is 0 Å². The topological polar surface area (TPSA) is 0 Å². The van der Waals surface area contributed by atoms with Crippen molar-refractivity contribution in [2.45, 2.75) is 66.7 Å². The summed E-state index contributed by atoms with van der Waals surface area (Å²) in [5.74, 6) is 0.965. The normalized spacial score (nSPS) is 36.2. The van der Waals surface area contributed by atoms with Crippen LogP contribution in [0.1, 0.15) is 66.7 Å². The Balaban J connectivity index is 2.48. The fourth-order valence-electron chi connectivity index (χ4n) is 2.53. The molecule has 0 spiro atoms. The molecule has 0 unspecified atom stereocenters. The molecule has 13 heavy (non-hydrogen) atoms. The number of rotatable bonds is 1. The molecule has 0 aromatic carbocycles. The van der Waals surface area contributed by atoms with Crippen LogP contribution in [0.15, 0.2) is 0 Å². The molecule has 0 amide bonds. The van der Waals surface area contributed by atoms with Gasteiger partial charge in [0.2, 0.25) is 0 Å². The summed E-state index contributed by atoms with van der Waals surface area (Å²) in [4.78, 5) is 0. The average Bonchev–Trinajstić information content (AvgIpc) is 2.04. The van der Waals surface area contributed by atoms with Crippen LogP contribution < -0.4 is 0 Å². The maximum Gasteiger partial charge on any atom is -0.0328 e. The van der Waals surface area contributed by atoms with E-state index < -0.39 is 0 Å². The maximum atomic E-state index is 2.46. The maximum absolute atomic E-state index is 2.46. The molecule has 0 saturated heterocycles. The smallest absolute Gasteiger partial charge is 0.0328 e. The Morgan fingerprint density at radius 3 is 1.92 bits per heavy atom. The summed E-state index contributed by atoms with van der Waals surface area (Å²) >= 11 is 0. The molecule has 0 radical (unpaired) electrons. The van der Waals surface area contributed by atoms with Crippen LogP contribution >= 0.6 is 0 Å². The van der Waals surface area contributed by atoms with E-state index in [2.05, 4.69) is 34.6 Å². The van der Waals surface area contributed by atoms with Gasteiger partial charge in [-0.1, -0.05) is 41.0 Å². The van der Waals surface area contributed by atoms with Gasteiger partial charge >= 0.3 is 0 Å². The van der Waals surface area contributed by atoms with Gasteiger partial charge in [-0.15, -0.1) is 0 Å². The van der Waals surface area contributed by atoms with Crippen LogP contribution in [0.25, 0.3) is 0 Å². The Kier molecular flexibility index (Phi) is 3.09. The van der Waals surface area contributed by atoms with Gasteiger partial charge in [-0.2, -0.15) is 0 Å². The van der Waals surface area contributed by atoms with E-state index in [1.807, 2.05) is 0 Å². The van der Waals surface area contributed by atoms with Crippen LogP contribution in [0, 0.1) is 16.7 Å². The van der Waals surface area contributed by atoms with Crippen molar-refractivity contribution in [1.82, 2.24) is 0 Å². The lowest BCUT2D eigenvalue weighted by Gasteiger charge is -2.42. The lowest BCUT2D eigenvalue weighted by Crippen LogP contribution is -2.30. The molecule has 1 rings (SSSR count). The monoisotopic (exact) mass is 182 g/mol. The predicted molar refractivity (Wildman–Crippen MR) is 59.8 cm³/mol. The van der Waals surface area contributed by atoms with Gasteiger partial charge in [-0.3, -0.25) is 0 Å². The molecule has 0 bridgehead atoms. The molecule has 0 nitrogen and oxygen atoms in total. The quantitative estimate of drug-likeness (QED) is 0.554. The van der Waals surface area contributed by atoms with Crippen LogP contribution in [-0.4, -0.2) is 0 Å². The summed E-state index contributed by atoms with van der Waals surface area (Å²) in [5.41, 5.74) is 1.21. The van der Waals surface area contributed by atoms with Crippen molar-refractivity contribution in [3.63, 3.8) is 0 Å². The van der Waals surface area contributed by atoms with E-state index in [0.29, 0.717) is 10.8 Å². The van der Waals surface area contributed by atoms with Gasteiger partial charge in [0.05, 0.1) is 0 Å². The minimum atomic E-state index is 0.537. The van der Waals surface area contributed by atoms with Gasteiger partial charge < -0.3 is 0 Å². The van der Waals surface area contributed by atoms with Gasteiger partial charge in [0, 0.05) is 0 Å². The van der Waals surface area contributed by atoms with Crippen molar-refractivity contribution in [3.05, 3.63) is 0 Å². The van der Waals surface area contributed by atoms with Crippen LogP contribution in [0.2, 0.25) is 0 Å². The summed E-state index contributed by atoms with van der Waals surface area (Å²) in [6.45, 7) is 12.0. The molecule has 0 heterocycles. The minimum Gasteiger partial charge on any atom is -0.0649 e. The van der Waals surface area contributed by atoms with E-state index in [9.17, 15) is 0 Å². The summed E-state index contributed by atoms with van der Waals surface area (Å²) < 4.78 is 0. The van der Waals surface area contributed by atoms with Gasteiger partial charge in [0.15, 0.2) is 0 Å². The van der Waals surface area contributed by atoms with E-state index in [1.165, 1.54) is 32.1 Å². The fraction of sp³-hybridized carbons (Fsp3) is 1.00. The lowest BCUT2D eigenvalue weighted by atomic mass is 9.64. The highest BCUT2D eigenvalue weighted by molar-refractivity contribution is 4.85. The molecule has 0 aliphatic heterocycles. The van der Waals surface area contributed by atoms with Crippen LogP contribution in [0.5, 0.6) is 0 Å². The standard InChI is InChI=1S/C13H26/c1-6-13(5)9-7-11(8-10-13)12(2,3)4/h11H,6-10H2,1-5H3. The predicted octanol–water partition coefficient (Wildman–Crippen LogP) is 4.64. The molecule has 1 saturated carbocycles. The molecule has 78 valence electrons. The van der Waals surface area contributed by atoms with Crippen molar-refractivity contribution in [3.8, 4) is 0 Å². The third kappa shape index (κ3) is 2.72. The first-order valence-electron chi connectivity index (χ1n) is 5.87. The summed E-state index contributed by atoms with van der Waals surface area (Å²) in [6.07, 6.45) is 7.17. The van der Waals surface area contributed by atoms with E-state index in [-0.39, 0.29) is 0 Å². The zero-order valence-corrected chi connectivity index (χ0v) is 10.1. The van der Waals surface area contributed by atoms with Gasteiger partial charge in [-0.25, -0.2) is 0 Å². The third-order valence-corrected chi connectivity index (χ3v) is 4.27.